The van der Waals surface area contributed by atoms with Gasteiger partial charge in [0.15, 0.2) is 6.10 Å². The van der Waals surface area contributed by atoms with Gasteiger partial charge in [0.1, 0.15) is 0 Å². The van der Waals surface area contributed by atoms with E-state index in [0.717, 1.165) is 0 Å². The standard InChI is InChI=1S/C11H14F3NO2/c12-11(13,14)10(17)6-15-9(7-16)8-4-2-1-3-5-8/h1-5,9-10,15-17H,6-7H2/t9-,10-/m0/s1. The number of benzene rings is 1. The van der Waals surface area contributed by atoms with Crippen molar-refractivity contribution in [3.8, 4) is 0 Å². The lowest BCUT2D eigenvalue weighted by Gasteiger charge is -2.20. The van der Waals surface area contributed by atoms with Gasteiger partial charge in [0, 0.05) is 6.54 Å². The first-order valence-electron chi connectivity index (χ1n) is 5.09. The van der Waals surface area contributed by atoms with Crippen molar-refractivity contribution in [1.29, 1.82) is 0 Å². The zero-order valence-corrected chi connectivity index (χ0v) is 8.98. The molecule has 1 aromatic carbocycles. The third-order valence-corrected chi connectivity index (χ3v) is 2.32. The molecule has 17 heavy (non-hydrogen) atoms. The van der Waals surface area contributed by atoms with E-state index in [4.69, 9.17) is 10.2 Å². The lowest BCUT2D eigenvalue weighted by Crippen LogP contribution is -2.40. The van der Waals surface area contributed by atoms with Crippen LogP contribution in [0.3, 0.4) is 0 Å². The summed E-state index contributed by atoms with van der Waals surface area (Å²) in [5, 5.41) is 20.3. The van der Waals surface area contributed by atoms with Crippen LogP contribution >= 0.6 is 0 Å². The second-order valence-corrected chi connectivity index (χ2v) is 3.61. The van der Waals surface area contributed by atoms with Gasteiger partial charge in [-0.05, 0) is 5.56 Å². The zero-order valence-electron chi connectivity index (χ0n) is 8.98. The summed E-state index contributed by atoms with van der Waals surface area (Å²) in [6.07, 6.45) is -7.08. The third kappa shape index (κ3) is 4.33. The minimum absolute atomic E-state index is 0.339. The van der Waals surface area contributed by atoms with Gasteiger partial charge in [0.2, 0.25) is 0 Å². The molecule has 0 aliphatic heterocycles. The number of hydrogen-bond donors (Lipinski definition) is 3. The van der Waals surface area contributed by atoms with Crippen molar-refractivity contribution in [2.24, 2.45) is 0 Å². The van der Waals surface area contributed by atoms with E-state index in [1.165, 1.54) is 0 Å². The Labute approximate surface area is 96.9 Å². The van der Waals surface area contributed by atoms with Crippen molar-refractivity contribution in [2.45, 2.75) is 18.3 Å². The number of hydrogen-bond acceptors (Lipinski definition) is 3. The second-order valence-electron chi connectivity index (χ2n) is 3.61. The molecule has 0 aromatic heterocycles. The number of nitrogens with one attached hydrogen (secondary N) is 1. The summed E-state index contributed by atoms with van der Waals surface area (Å²) < 4.78 is 36.2. The SMILES string of the molecule is OC[C@H](NC[C@H](O)C(F)(F)F)c1ccccc1. The highest BCUT2D eigenvalue weighted by atomic mass is 19.4. The van der Waals surface area contributed by atoms with Crippen molar-refractivity contribution in [3.63, 3.8) is 0 Å². The van der Waals surface area contributed by atoms with E-state index in [-0.39, 0.29) is 6.61 Å². The molecule has 0 saturated carbocycles. The van der Waals surface area contributed by atoms with Crippen LogP contribution in [-0.2, 0) is 0 Å². The van der Waals surface area contributed by atoms with Gasteiger partial charge in [-0.15, -0.1) is 0 Å². The van der Waals surface area contributed by atoms with Crippen molar-refractivity contribution in [1.82, 2.24) is 5.32 Å². The molecule has 0 fully saturated rings. The highest BCUT2D eigenvalue weighted by molar-refractivity contribution is 5.18. The maximum Gasteiger partial charge on any atom is 0.415 e. The summed E-state index contributed by atoms with van der Waals surface area (Å²) in [5.74, 6) is 0. The lowest BCUT2D eigenvalue weighted by molar-refractivity contribution is -0.202. The molecule has 0 aliphatic rings. The predicted molar refractivity (Wildman–Crippen MR) is 56.3 cm³/mol. The first-order valence-corrected chi connectivity index (χ1v) is 5.09. The predicted octanol–water partition coefficient (Wildman–Crippen LogP) is 1.23. The van der Waals surface area contributed by atoms with Crippen molar-refractivity contribution in [3.05, 3.63) is 35.9 Å². The Hall–Kier alpha value is -1.11. The maximum atomic E-state index is 12.1. The quantitative estimate of drug-likeness (QED) is 0.735. The summed E-state index contributed by atoms with van der Waals surface area (Å²) in [4.78, 5) is 0. The fourth-order valence-corrected chi connectivity index (χ4v) is 1.34. The Morgan fingerprint density at radius 3 is 2.24 bits per heavy atom. The highest BCUT2D eigenvalue weighted by Crippen LogP contribution is 2.20. The zero-order chi connectivity index (χ0) is 12.9. The first-order chi connectivity index (χ1) is 7.95. The average Bonchev–Trinajstić information content (AvgIpc) is 2.29. The molecule has 0 bridgehead atoms. The Balaban J connectivity index is 2.55. The van der Waals surface area contributed by atoms with Crippen LogP contribution in [-0.4, -0.2) is 35.6 Å². The van der Waals surface area contributed by atoms with Gasteiger partial charge in [0.05, 0.1) is 12.6 Å². The summed E-state index contributed by atoms with van der Waals surface area (Å²) in [6.45, 7) is -0.988. The minimum atomic E-state index is -4.65. The van der Waals surface area contributed by atoms with Crippen LogP contribution in [0.25, 0.3) is 0 Å². The van der Waals surface area contributed by atoms with Gasteiger partial charge in [-0.1, -0.05) is 30.3 Å². The molecule has 2 atom stereocenters. The van der Waals surface area contributed by atoms with Crippen LogP contribution in [0.4, 0.5) is 13.2 Å². The molecule has 1 aromatic rings. The van der Waals surface area contributed by atoms with Crippen LogP contribution in [0.2, 0.25) is 0 Å². The molecule has 3 N–H and O–H groups in total. The fourth-order valence-electron chi connectivity index (χ4n) is 1.34. The van der Waals surface area contributed by atoms with E-state index in [2.05, 4.69) is 5.32 Å². The molecule has 0 aliphatic carbocycles. The van der Waals surface area contributed by atoms with Crippen molar-refractivity contribution in [2.75, 3.05) is 13.2 Å². The van der Waals surface area contributed by atoms with Gasteiger partial charge in [-0.2, -0.15) is 13.2 Å². The third-order valence-electron chi connectivity index (χ3n) is 2.32. The van der Waals surface area contributed by atoms with E-state index in [9.17, 15) is 13.2 Å². The van der Waals surface area contributed by atoms with Crippen LogP contribution in [0.1, 0.15) is 11.6 Å². The highest BCUT2D eigenvalue weighted by Gasteiger charge is 2.38. The molecule has 0 heterocycles. The van der Waals surface area contributed by atoms with Crippen LogP contribution in [0, 0.1) is 0 Å². The number of aliphatic hydroxyl groups is 2. The number of rotatable bonds is 5. The van der Waals surface area contributed by atoms with Gasteiger partial charge >= 0.3 is 6.18 Å². The Kier molecular flexibility index (Phi) is 4.92. The molecular weight excluding hydrogens is 235 g/mol. The molecule has 3 nitrogen and oxygen atoms in total. The number of alkyl halides is 3. The van der Waals surface area contributed by atoms with Gasteiger partial charge < -0.3 is 15.5 Å². The molecular formula is C11H14F3NO2. The molecule has 1 rings (SSSR count). The van der Waals surface area contributed by atoms with E-state index >= 15 is 0 Å². The van der Waals surface area contributed by atoms with Crippen LogP contribution < -0.4 is 5.32 Å². The Bertz CT molecular complexity index is 329. The van der Waals surface area contributed by atoms with E-state index in [1.54, 1.807) is 30.3 Å². The van der Waals surface area contributed by atoms with Crippen molar-refractivity contribution < 1.29 is 23.4 Å². The Morgan fingerprint density at radius 2 is 1.76 bits per heavy atom. The van der Waals surface area contributed by atoms with Gasteiger partial charge in [-0.25, -0.2) is 0 Å². The maximum absolute atomic E-state index is 12.1. The molecule has 0 saturated heterocycles. The number of halogens is 3. The van der Waals surface area contributed by atoms with Crippen molar-refractivity contribution >= 4 is 0 Å². The molecule has 0 spiro atoms. The minimum Gasteiger partial charge on any atom is -0.394 e. The van der Waals surface area contributed by atoms with Crippen LogP contribution in [0.5, 0.6) is 0 Å². The molecule has 0 unspecified atom stereocenters. The van der Waals surface area contributed by atoms with Crippen LogP contribution in [0.15, 0.2) is 30.3 Å². The largest absolute Gasteiger partial charge is 0.415 e. The fraction of sp³-hybridized carbons (Fsp3) is 0.455. The smallest absolute Gasteiger partial charge is 0.394 e. The van der Waals surface area contributed by atoms with E-state index < -0.39 is 24.9 Å². The van der Waals surface area contributed by atoms with Gasteiger partial charge in [-0.3, -0.25) is 0 Å². The summed E-state index contributed by atoms with van der Waals surface area (Å²) in [7, 11) is 0. The Morgan fingerprint density at radius 1 is 1.18 bits per heavy atom. The molecule has 0 amide bonds. The molecule has 6 heteroatoms. The lowest BCUT2D eigenvalue weighted by atomic mass is 10.1. The average molecular weight is 249 g/mol. The summed E-state index contributed by atoms with van der Waals surface area (Å²) in [6, 6.07) is 7.97. The normalized spacial score (nSPS) is 15.6. The summed E-state index contributed by atoms with van der Waals surface area (Å²) in [5.41, 5.74) is 0.671. The van der Waals surface area contributed by atoms with E-state index in [1.807, 2.05) is 0 Å². The second kappa shape index (κ2) is 6.00. The summed E-state index contributed by atoms with van der Waals surface area (Å²) >= 11 is 0. The topological polar surface area (TPSA) is 52.5 Å². The van der Waals surface area contributed by atoms with E-state index in [0.29, 0.717) is 5.56 Å². The number of aliphatic hydroxyl groups excluding tert-OH is 2. The first kappa shape index (κ1) is 14.0. The van der Waals surface area contributed by atoms with Gasteiger partial charge in [0.25, 0.3) is 0 Å². The monoisotopic (exact) mass is 249 g/mol. The molecule has 0 radical (unpaired) electrons. The molecule has 96 valence electrons.